The lowest BCUT2D eigenvalue weighted by atomic mass is 9.43. The van der Waals surface area contributed by atoms with E-state index in [1.807, 2.05) is 0 Å². The van der Waals surface area contributed by atoms with Crippen molar-refractivity contribution in [2.24, 2.45) is 34.5 Å². The molecule has 0 aromatic heterocycles. The van der Waals surface area contributed by atoms with Crippen molar-refractivity contribution in [1.29, 1.82) is 0 Å². The number of carbonyl (C=O) groups is 1. The highest BCUT2D eigenvalue weighted by Crippen LogP contribution is 2.68. The largest absolute Gasteiger partial charge is 0.393 e. The summed E-state index contributed by atoms with van der Waals surface area (Å²) in [6.45, 7) is 3.97. The molecule has 0 saturated heterocycles. The van der Waals surface area contributed by atoms with Crippen LogP contribution in [0.25, 0.3) is 0 Å². The van der Waals surface area contributed by atoms with Gasteiger partial charge in [0.2, 0.25) is 5.78 Å². The fourth-order valence-electron chi connectivity index (χ4n) is 7.49. The van der Waals surface area contributed by atoms with Gasteiger partial charge >= 0.3 is 0 Å². The molecule has 0 heterocycles. The predicted molar refractivity (Wildman–Crippen MR) is 102 cm³/mol. The monoisotopic (exact) mass is 386 g/mol. The van der Waals surface area contributed by atoms with Crippen LogP contribution in [-0.2, 0) is 4.79 Å². The third-order valence-corrected chi connectivity index (χ3v) is 9.27. The van der Waals surface area contributed by atoms with Gasteiger partial charge in [-0.3, -0.25) is 4.79 Å². The minimum Gasteiger partial charge on any atom is -0.393 e. The molecule has 0 aromatic rings. The van der Waals surface area contributed by atoms with Crippen LogP contribution in [0.3, 0.4) is 0 Å². The van der Waals surface area contributed by atoms with Gasteiger partial charge in [-0.2, -0.15) is 0 Å². The van der Waals surface area contributed by atoms with Gasteiger partial charge in [0, 0.05) is 11.3 Å². The highest BCUT2D eigenvalue weighted by atomic mass is 16.3. The normalized spacial score (nSPS) is 58.1. The Bertz CT molecular complexity index is 794. The van der Waals surface area contributed by atoms with Gasteiger partial charge in [0.1, 0.15) is 11.7 Å². The first-order valence-corrected chi connectivity index (χ1v) is 10.3. The van der Waals surface area contributed by atoms with Crippen molar-refractivity contribution in [3.8, 4) is 24.7 Å². The van der Waals surface area contributed by atoms with Crippen LogP contribution in [0.15, 0.2) is 0 Å². The molecule has 4 aliphatic carbocycles. The summed E-state index contributed by atoms with van der Waals surface area (Å²) < 4.78 is 0. The summed E-state index contributed by atoms with van der Waals surface area (Å²) in [4.78, 5) is 12.7. The van der Waals surface area contributed by atoms with Crippen LogP contribution >= 0.6 is 0 Å². The standard InChI is InChI=1S/C23H30O5/c1-5-22(27)10-9-20(3)13(12-22)11-15(24)16-14(20)7-8-21(4)17(16)18(25)19(26)23(21,28)6-2/h1-2,13-18,24-25,27-28H,7-12H2,3-4H3/t13-,14?,15+,16?,17?,18+,20+,21+,22+,23+/m1/s1. The number of carbonyl (C=O) groups excluding carboxylic acids is 1. The Balaban J connectivity index is 1.75. The number of aliphatic hydroxyl groups is 4. The maximum atomic E-state index is 12.7. The SMILES string of the molecule is C#C[C@]1(O)CC[C@]2(C)C3CC[C@@]4(C)C(C3[C@@H](O)C[C@@H]2C1)[C@H](O)C(=O)[C@@]4(O)C#C. The second-order valence-corrected chi connectivity index (χ2v) is 10.2. The van der Waals surface area contributed by atoms with Gasteiger partial charge < -0.3 is 20.4 Å². The summed E-state index contributed by atoms with van der Waals surface area (Å²) in [5, 5.41) is 43.5. The van der Waals surface area contributed by atoms with Gasteiger partial charge in [-0.1, -0.05) is 25.7 Å². The molecule has 4 aliphatic rings. The van der Waals surface area contributed by atoms with E-state index < -0.39 is 40.5 Å². The van der Waals surface area contributed by atoms with E-state index in [0.717, 1.165) is 6.42 Å². The Morgan fingerprint density at radius 3 is 2.36 bits per heavy atom. The Morgan fingerprint density at radius 2 is 1.75 bits per heavy atom. The van der Waals surface area contributed by atoms with Gasteiger partial charge in [-0.25, -0.2) is 0 Å². The van der Waals surface area contributed by atoms with Crippen LogP contribution in [0.1, 0.15) is 52.4 Å². The molecule has 0 spiro atoms. The number of hydrogen-bond acceptors (Lipinski definition) is 5. The molecular formula is C23H30O5. The number of ketones is 1. The lowest BCUT2D eigenvalue weighted by Crippen LogP contribution is -2.62. The average Bonchev–Trinajstić information content (AvgIpc) is 2.82. The van der Waals surface area contributed by atoms with E-state index in [-0.39, 0.29) is 23.2 Å². The number of terminal acetylenes is 2. The van der Waals surface area contributed by atoms with Crippen molar-refractivity contribution in [3.05, 3.63) is 0 Å². The molecule has 0 aliphatic heterocycles. The topological polar surface area (TPSA) is 98.0 Å². The van der Waals surface area contributed by atoms with Crippen LogP contribution in [0.5, 0.6) is 0 Å². The number of rotatable bonds is 0. The zero-order chi connectivity index (χ0) is 20.7. The fraction of sp³-hybridized carbons (Fsp3) is 0.783. The van der Waals surface area contributed by atoms with Crippen molar-refractivity contribution in [1.82, 2.24) is 0 Å². The Morgan fingerprint density at radius 1 is 1.07 bits per heavy atom. The molecule has 0 bridgehead atoms. The molecule has 0 amide bonds. The van der Waals surface area contributed by atoms with Crippen LogP contribution in [0, 0.1) is 59.2 Å². The van der Waals surface area contributed by atoms with Gasteiger partial charge in [-0.15, -0.1) is 12.8 Å². The molecule has 5 nitrogen and oxygen atoms in total. The molecule has 3 unspecified atom stereocenters. The van der Waals surface area contributed by atoms with Crippen LogP contribution in [0.2, 0.25) is 0 Å². The smallest absolute Gasteiger partial charge is 0.206 e. The van der Waals surface area contributed by atoms with Gasteiger partial charge in [0.25, 0.3) is 0 Å². The second-order valence-electron chi connectivity index (χ2n) is 10.2. The predicted octanol–water partition coefficient (Wildman–Crippen LogP) is 0.878. The maximum absolute atomic E-state index is 12.7. The van der Waals surface area contributed by atoms with E-state index in [4.69, 9.17) is 12.8 Å². The molecule has 28 heavy (non-hydrogen) atoms. The quantitative estimate of drug-likeness (QED) is 0.464. The molecular weight excluding hydrogens is 356 g/mol. The summed E-state index contributed by atoms with van der Waals surface area (Å²) in [5.41, 5.74) is -4.24. The number of fused-ring (bicyclic) bond motifs is 5. The Labute approximate surface area is 166 Å². The first-order valence-electron chi connectivity index (χ1n) is 10.3. The zero-order valence-corrected chi connectivity index (χ0v) is 16.6. The van der Waals surface area contributed by atoms with Gasteiger partial charge in [-0.05, 0) is 61.7 Å². The third kappa shape index (κ3) is 2.17. The third-order valence-electron chi connectivity index (χ3n) is 9.27. The molecule has 0 radical (unpaired) electrons. The molecule has 152 valence electrons. The van der Waals surface area contributed by atoms with Crippen LogP contribution in [-0.4, -0.2) is 49.6 Å². The van der Waals surface area contributed by atoms with Crippen LogP contribution in [0.4, 0.5) is 0 Å². The van der Waals surface area contributed by atoms with E-state index in [0.29, 0.717) is 32.1 Å². The minimum absolute atomic E-state index is 0.0728. The summed E-state index contributed by atoms with van der Waals surface area (Å²) in [6, 6.07) is 0. The summed E-state index contributed by atoms with van der Waals surface area (Å²) >= 11 is 0. The zero-order valence-electron chi connectivity index (χ0n) is 16.6. The molecule has 4 N–H and O–H groups in total. The van der Waals surface area contributed by atoms with E-state index >= 15 is 0 Å². The van der Waals surface area contributed by atoms with E-state index in [9.17, 15) is 25.2 Å². The van der Waals surface area contributed by atoms with Crippen molar-refractivity contribution in [3.63, 3.8) is 0 Å². The van der Waals surface area contributed by atoms with Crippen molar-refractivity contribution >= 4 is 5.78 Å². The molecule has 5 heteroatoms. The van der Waals surface area contributed by atoms with Crippen LogP contribution < -0.4 is 0 Å². The Hall–Kier alpha value is -1.37. The van der Waals surface area contributed by atoms with E-state index in [1.165, 1.54) is 0 Å². The first-order chi connectivity index (χ1) is 13.0. The van der Waals surface area contributed by atoms with Crippen molar-refractivity contribution in [2.75, 3.05) is 0 Å². The van der Waals surface area contributed by atoms with Crippen molar-refractivity contribution < 1.29 is 25.2 Å². The number of aliphatic hydroxyl groups excluding tert-OH is 2. The summed E-state index contributed by atoms with van der Waals surface area (Å²) in [5.74, 6) is 3.32. The molecule has 0 aromatic carbocycles. The van der Waals surface area contributed by atoms with Gasteiger partial charge in [0.05, 0.1) is 6.10 Å². The molecule has 4 rings (SSSR count). The van der Waals surface area contributed by atoms with Gasteiger partial charge in [0.15, 0.2) is 5.60 Å². The van der Waals surface area contributed by atoms with Crippen molar-refractivity contribution in [2.45, 2.75) is 75.8 Å². The van der Waals surface area contributed by atoms with E-state index in [1.54, 1.807) is 6.92 Å². The molecule has 10 atom stereocenters. The first kappa shape index (κ1) is 19.9. The number of hydrogen-bond donors (Lipinski definition) is 4. The highest BCUT2D eigenvalue weighted by molar-refractivity contribution is 5.98. The van der Waals surface area contributed by atoms with E-state index in [2.05, 4.69) is 18.8 Å². The minimum atomic E-state index is -2.00. The summed E-state index contributed by atoms with van der Waals surface area (Å²) in [6.07, 6.45) is 12.4. The summed E-state index contributed by atoms with van der Waals surface area (Å²) in [7, 11) is 0. The fourth-order valence-corrected chi connectivity index (χ4v) is 7.49. The number of Topliss-reactive ketones (excluding diaryl/α,β-unsaturated/α-hetero) is 1. The highest BCUT2D eigenvalue weighted by Gasteiger charge is 2.72. The maximum Gasteiger partial charge on any atom is 0.206 e. The average molecular weight is 386 g/mol. The lowest BCUT2D eigenvalue weighted by Gasteiger charge is -2.62. The lowest BCUT2D eigenvalue weighted by molar-refractivity contribution is -0.198. The molecule has 4 saturated carbocycles. The molecule has 4 fully saturated rings. The Kier molecular flexibility index (Phi) is 4.15. The second kappa shape index (κ2) is 5.83.